The number of amides is 2. The van der Waals surface area contributed by atoms with E-state index in [1.165, 1.54) is 23.5 Å². The van der Waals surface area contributed by atoms with Crippen molar-refractivity contribution in [1.82, 2.24) is 14.5 Å². The molecule has 0 saturated carbocycles. The van der Waals surface area contributed by atoms with Crippen LogP contribution in [0.25, 0.3) is 0 Å². The van der Waals surface area contributed by atoms with Crippen LogP contribution in [-0.4, -0.2) is 68.3 Å². The third-order valence-corrected chi connectivity index (χ3v) is 7.02. The van der Waals surface area contributed by atoms with Gasteiger partial charge in [-0.3, -0.25) is 9.59 Å². The molecule has 0 atom stereocenters. The van der Waals surface area contributed by atoms with Crippen LogP contribution in [0.2, 0.25) is 0 Å². The summed E-state index contributed by atoms with van der Waals surface area (Å²) in [6.07, 6.45) is 0. The highest BCUT2D eigenvalue weighted by Gasteiger charge is 2.30. The minimum atomic E-state index is -3.64. The van der Waals surface area contributed by atoms with E-state index in [0.717, 1.165) is 0 Å². The van der Waals surface area contributed by atoms with E-state index in [0.29, 0.717) is 30.0 Å². The summed E-state index contributed by atoms with van der Waals surface area (Å²) in [5, 5.41) is 2.88. The SMILES string of the molecule is COc1ccc(S(=O)(=O)N2CCN(C(=O)c3ccc(C(=O)NC(C)(C)C)cc3)CC2)cc1. The number of piperazine rings is 1. The van der Waals surface area contributed by atoms with Gasteiger partial charge in [0.25, 0.3) is 11.8 Å². The number of nitrogens with one attached hydrogen (secondary N) is 1. The Morgan fingerprint density at radius 2 is 1.41 bits per heavy atom. The number of carbonyl (C=O) groups excluding carboxylic acids is 2. The molecule has 0 spiro atoms. The van der Waals surface area contributed by atoms with Crippen LogP contribution in [0.5, 0.6) is 5.75 Å². The summed E-state index contributed by atoms with van der Waals surface area (Å²) >= 11 is 0. The molecule has 3 rings (SSSR count). The van der Waals surface area contributed by atoms with Crippen molar-refractivity contribution in [2.75, 3.05) is 33.3 Å². The zero-order valence-electron chi connectivity index (χ0n) is 18.8. The van der Waals surface area contributed by atoms with E-state index < -0.39 is 10.0 Å². The van der Waals surface area contributed by atoms with Gasteiger partial charge in [-0.2, -0.15) is 4.31 Å². The fourth-order valence-electron chi connectivity index (χ4n) is 3.39. The highest BCUT2D eigenvalue weighted by Crippen LogP contribution is 2.21. The normalized spacial score (nSPS) is 15.3. The van der Waals surface area contributed by atoms with Gasteiger partial charge in [-0.25, -0.2) is 8.42 Å². The number of sulfonamides is 1. The Balaban J connectivity index is 1.62. The summed E-state index contributed by atoms with van der Waals surface area (Å²) < 4.78 is 32.2. The molecule has 1 fully saturated rings. The number of methoxy groups -OCH3 is 1. The van der Waals surface area contributed by atoms with Crippen LogP contribution in [0.4, 0.5) is 0 Å². The summed E-state index contributed by atoms with van der Waals surface area (Å²) in [7, 11) is -2.11. The van der Waals surface area contributed by atoms with Gasteiger partial charge in [0, 0.05) is 42.8 Å². The monoisotopic (exact) mass is 459 g/mol. The Morgan fingerprint density at radius 3 is 1.91 bits per heavy atom. The Morgan fingerprint density at radius 1 is 0.875 bits per heavy atom. The molecule has 9 heteroatoms. The first-order valence-corrected chi connectivity index (χ1v) is 11.8. The van der Waals surface area contributed by atoms with Gasteiger partial charge in [-0.05, 0) is 69.3 Å². The van der Waals surface area contributed by atoms with Crippen molar-refractivity contribution in [2.45, 2.75) is 31.2 Å². The Hall–Kier alpha value is -2.91. The van der Waals surface area contributed by atoms with Crippen molar-refractivity contribution in [3.05, 3.63) is 59.7 Å². The molecule has 0 radical (unpaired) electrons. The summed E-state index contributed by atoms with van der Waals surface area (Å²) in [5.74, 6) is 0.199. The van der Waals surface area contributed by atoms with Gasteiger partial charge in [0.2, 0.25) is 10.0 Å². The van der Waals surface area contributed by atoms with Crippen LogP contribution >= 0.6 is 0 Å². The predicted molar refractivity (Wildman–Crippen MR) is 121 cm³/mol. The number of carbonyl (C=O) groups is 2. The van der Waals surface area contributed by atoms with Gasteiger partial charge in [0.15, 0.2) is 0 Å². The van der Waals surface area contributed by atoms with E-state index >= 15 is 0 Å². The first kappa shape index (κ1) is 23.7. The van der Waals surface area contributed by atoms with Gasteiger partial charge in [0.05, 0.1) is 12.0 Å². The first-order valence-electron chi connectivity index (χ1n) is 10.4. The maximum Gasteiger partial charge on any atom is 0.253 e. The second-order valence-corrected chi connectivity index (χ2v) is 10.6. The van der Waals surface area contributed by atoms with Crippen LogP contribution in [0, 0.1) is 0 Å². The maximum atomic E-state index is 12.9. The van der Waals surface area contributed by atoms with E-state index in [1.54, 1.807) is 41.3 Å². The van der Waals surface area contributed by atoms with Crippen LogP contribution in [0.1, 0.15) is 41.5 Å². The molecule has 0 aliphatic carbocycles. The van der Waals surface area contributed by atoms with Crippen molar-refractivity contribution in [3.8, 4) is 5.75 Å². The molecule has 32 heavy (non-hydrogen) atoms. The van der Waals surface area contributed by atoms with Crippen molar-refractivity contribution < 1.29 is 22.7 Å². The molecular formula is C23H29N3O5S. The quantitative estimate of drug-likeness (QED) is 0.741. The topological polar surface area (TPSA) is 96.0 Å². The summed E-state index contributed by atoms with van der Waals surface area (Å²) in [4.78, 5) is 26.9. The van der Waals surface area contributed by atoms with Crippen LogP contribution in [0.3, 0.4) is 0 Å². The molecule has 1 aliphatic heterocycles. The van der Waals surface area contributed by atoms with Crippen LogP contribution < -0.4 is 10.1 Å². The standard InChI is InChI=1S/C23H29N3O5S/c1-23(2,3)24-21(27)17-5-7-18(8-6-17)22(28)25-13-15-26(16-14-25)32(29,30)20-11-9-19(31-4)10-12-20/h5-12H,13-16H2,1-4H3,(H,24,27). The minimum Gasteiger partial charge on any atom is -0.497 e. The Kier molecular flexibility index (Phi) is 6.90. The zero-order chi connectivity index (χ0) is 23.5. The molecule has 0 aromatic heterocycles. The van der Waals surface area contributed by atoms with Crippen LogP contribution in [0.15, 0.2) is 53.4 Å². The third kappa shape index (κ3) is 5.46. The number of ether oxygens (including phenoxy) is 1. The average molecular weight is 460 g/mol. The molecule has 1 heterocycles. The van der Waals surface area contributed by atoms with Crippen molar-refractivity contribution in [1.29, 1.82) is 0 Å². The molecule has 2 amide bonds. The molecule has 1 saturated heterocycles. The number of hydrogen-bond donors (Lipinski definition) is 1. The number of nitrogens with zero attached hydrogens (tertiary/aromatic N) is 2. The Labute approximate surface area is 189 Å². The third-order valence-electron chi connectivity index (χ3n) is 5.11. The largest absolute Gasteiger partial charge is 0.497 e. The number of hydrogen-bond acceptors (Lipinski definition) is 5. The molecular weight excluding hydrogens is 430 g/mol. The maximum absolute atomic E-state index is 12.9. The number of rotatable bonds is 5. The molecule has 172 valence electrons. The molecule has 0 unspecified atom stereocenters. The lowest BCUT2D eigenvalue weighted by molar-refractivity contribution is 0.0697. The molecule has 8 nitrogen and oxygen atoms in total. The molecule has 2 aromatic rings. The van der Waals surface area contributed by atoms with E-state index in [4.69, 9.17) is 4.74 Å². The van der Waals surface area contributed by atoms with E-state index in [2.05, 4.69) is 5.32 Å². The molecule has 1 N–H and O–H groups in total. The fourth-order valence-corrected chi connectivity index (χ4v) is 4.81. The van der Waals surface area contributed by atoms with Crippen molar-refractivity contribution in [3.63, 3.8) is 0 Å². The van der Waals surface area contributed by atoms with Crippen LogP contribution in [-0.2, 0) is 10.0 Å². The molecule has 0 bridgehead atoms. The predicted octanol–water partition coefficient (Wildman–Crippen LogP) is 2.37. The van der Waals surface area contributed by atoms with Gasteiger partial charge in [-0.15, -0.1) is 0 Å². The lowest BCUT2D eigenvalue weighted by atomic mass is 10.1. The smallest absolute Gasteiger partial charge is 0.253 e. The van der Waals surface area contributed by atoms with E-state index in [9.17, 15) is 18.0 Å². The second-order valence-electron chi connectivity index (χ2n) is 8.65. The highest BCUT2D eigenvalue weighted by atomic mass is 32.2. The average Bonchev–Trinajstić information content (AvgIpc) is 2.77. The second kappa shape index (κ2) is 9.30. The van der Waals surface area contributed by atoms with Gasteiger partial charge in [0.1, 0.15) is 5.75 Å². The molecule has 1 aliphatic rings. The van der Waals surface area contributed by atoms with Gasteiger partial charge in [-0.1, -0.05) is 0 Å². The minimum absolute atomic E-state index is 0.186. The Bertz CT molecular complexity index is 1070. The first-order chi connectivity index (χ1) is 15.0. The van der Waals surface area contributed by atoms with E-state index in [-0.39, 0.29) is 35.3 Å². The van der Waals surface area contributed by atoms with Crippen molar-refractivity contribution >= 4 is 21.8 Å². The van der Waals surface area contributed by atoms with Crippen molar-refractivity contribution in [2.24, 2.45) is 0 Å². The summed E-state index contributed by atoms with van der Waals surface area (Å²) in [6, 6.07) is 12.8. The summed E-state index contributed by atoms with van der Waals surface area (Å²) in [5.41, 5.74) is 0.591. The molecule has 2 aromatic carbocycles. The zero-order valence-corrected chi connectivity index (χ0v) is 19.6. The lowest BCUT2D eigenvalue weighted by Gasteiger charge is -2.34. The fraction of sp³-hybridized carbons (Fsp3) is 0.391. The van der Waals surface area contributed by atoms with E-state index in [1.807, 2.05) is 20.8 Å². The van der Waals surface area contributed by atoms with Gasteiger partial charge < -0.3 is 15.0 Å². The summed E-state index contributed by atoms with van der Waals surface area (Å²) in [6.45, 7) is 6.71. The lowest BCUT2D eigenvalue weighted by Crippen LogP contribution is -2.50. The van der Waals surface area contributed by atoms with Gasteiger partial charge >= 0.3 is 0 Å². The number of benzene rings is 2. The highest BCUT2D eigenvalue weighted by molar-refractivity contribution is 7.89.